The number of carbonyl (C=O) groups is 1. The molecule has 29 heavy (non-hydrogen) atoms. The molecule has 150 valence electrons. The van der Waals surface area contributed by atoms with Crippen molar-refractivity contribution >= 4 is 17.4 Å². The summed E-state index contributed by atoms with van der Waals surface area (Å²) in [6.07, 6.45) is 2.19. The zero-order valence-corrected chi connectivity index (χ0v) is 15.8. The van der Waals surface area contributed by atoms with Crippen LogP contribution in [0.1, 0.15) is 18.9 Å². The lowest BCUT2D eigenvalue weighted by atomic mass is 10.1. The first kappa shape index (κ1) is 20.2. The number of nitrogens with one attached hydrogen (secondary N) is 2. The van der Waals surface area contributed by atoms with Gasteiger partial charge in [-0.25, -0.2) is 18.7 Å². The van der Waals surface area contributed by atoms with E-state index < -0.39 is 17.5 Å². The number of hydrogen-bond donors (Lipinski definition) is 2. The van der Waals surface area contributed by atoms with Crippen LogP contribution in [0.3, 0.4) is 0 Å². The molecule has 1 amide bonds. The zero-order valence-electron chi connectivity index (χ0n) is 15.8. The van der Waals surface area contributed by atoms with Gasteiger partial charge in [0.1, 0.15) is 29.5 Å². The van der Waals surface area contributed by atoms with E-state index in [1.807, 2.05) is 0 Å². The second-order valence-corrected chi connectivity index (χ2v) is 6.26. The summed E-state index contributed by atoms with van der Waals surface area (Å²) in [5.41, 5.74) is 0.651. The minimum Gasteiger partial charge on any atom is -0.439 e. The maximum Gasteiger partial charge on any atom is 0.228 e. The molecular formula is C21H20F2N4O2. The minimum absolute atomic E-state index is 0.125. The number of ether oxygens (including phenoxy) is 1. The van der Waals surface area contributed by atoms with E-state index >= 15 is 0 Å². The molecule has 1 aromatic heterocycles. The number of benzene rings is 2. The summed E-state index contributed by atoms with van der Waals surface area (Å²) < 4.78 is 32.3. The van der Waals surface area contributed by atoms with Crippen LogP contribution in [-0.2, 0) is 11.2 Å². The van der Waals surface area contributed by atoms with Crippen molar-refractivity contribution < 1.29 is 18.3 Å². The van der Waals surface area contributed by atoms with Gasteiger partial charge in [-0.2, -0.15) is 0 Å². The predicted octanol–water partition coefficient (Wildman–Crippen LogP) is 4.55. The van der Waals surface area contributed by atoms with E-state index in [0.29, 0.717) is 23.1 Å². The first-order valence-electron chi connectivity index (χ1n) is 9.11. The average Bonchev–Trinajstić information content (AvgIpc) is 2.70. The Morgan fingerprint density at radius 3 is 2.59 bits per heavy atom. The minimum atomic E-state index is -0.749. The van der Waals surface area contributed by atoms with E-state index in [-0.39, 0.29) is 12.0 Å². The van der Waals surface area contributed by atoms with Crippen molar-refractivity contribution in [2.75, 3.05) is 17.2 Å². The van der Waals surface area contributed by atoms with Gasteiger partial charge in [0.25, 0.3) is 0 Å². The van der Waals surface area contributed by atoms with E-state index in [9.17, 15) is 13.6 Å². The fourth-order valence-electron chi connectivity index (χ4n) is 2.52. The van der Waals surface area contributed by atoms with Crippen LogP contribution < -0.4 is 15.4 Å². The number of carbonyl (C=O) groups excluding carboxylic acids is 1. The van der Waals surface area contributed by atoms with Crippen molar-refractivity contribution in [2.45, 2.75) is 19.8 Å². The first-order valence-corrected chi connectivity index (χ1v) is 9.11. The Bertz CT molecular complexity index is 981. The van der Waals surface area contributed by atoms with Gasteiger partial charge in [-0.15, -0.1) is 0 Å². The van der Waals surface area contributed by atoms with Crippen molar-refractivity contribution in [1.82, 2.24) is 9.97 Å². The number of anilines is 2. The topological polar surface area (TPSA) is 76.1 Å². The third kappa shape index (κ3) is 5.97. The van der Waals surface area contributed by atoms with E-state index in [4.69, 9.17) is 4.74 Å². The van der Waals surface area contributed by atoms with Crippen LogP contribution in [0.5, 0.6) is 11.6 Å². The molecule has 0 radical (unpaired) electrons. The highest BCUT2D eigenvalue weighted by Gasteiger charge is 2.10. The van der Waals surface area contributed by atoms with Crippen LogP contribution in [0.2, 0.25) is 0 Å². The molecule has 1 heterocycles. The number of rotatable bonds is 8. The fraction of sp³-hybridized carbons (Fsp3) is 0.190. The molecule has 0 aliphatic heterocycles. The van der Waals surface area contributed by atoms with Crippen LogP contribution in [0.15, 0.2) is 54.9 Å². The van der Waals surface area contributed by atoms with Crippen molar-refractivity contribution in [3.63, 3.8) is 0 Å². The number of aromatic nitrogens is 2. The molecular weight excluding hydrogens is 378 g/mol. The molecule has 8 heteroatoms. The Labute approximate surface area is 167 Å². The highest BCUT2D eigenvalue weighted by atomic mass is 19.1. The summed E-state index contributed by atoms with van der Waals surface area (Å²) in [4.78, 5) is 20.3. The van der Waals surface area contributed by atoms with Gasteiger partial charge in [0.2, 0.25) is 11.8 Å². The van der Waals surface area contributed by atoms with Crippen LogP contribution in [-0.4, -0.2) is 22.4 Å². The van der Waals surface area contributed by atoms with E-state index in [1.54, 1.807) is 30.3 Å². The standard InChI is InChI=1S/C21H20F2N4O2/c1-2-9-24-19-12-21(26-13-25-19)29-17-7-5-16(6-8-17)27-20(28)10-14-3-4-15(22)11-18(14)23/h3-8,11-13H,2,9-10H2,1H3,(H,27,28)(H,24,25,26). The molecule has 2 aromatic carbocycles. The molecule has 0 fully saturated rings. The summed E-state index contributed by atoms with van der Waals surface area (Å²) >= 11 is 0. The highest BCUT2D eigenvalue weighted by Crippen LogP contribution is 2.23. The smallest absolute Gasteiger partial charge is 0.228 e. The van der Waals surface area contributed by atoms with Crippen LogP contribution >= 0.6 is 0 Å². The Hall–Kier alpha value is -3.55. The number of halogens is 2. The Morgan fingerprint density at radius 1 is 1.07 bits per heavy atom. The third-order valence-corrected chi connectivity index (χ3v) is 3.92. The van der Waals surface area contributed by atoms with Gasteiger partial charge in [0.05, 0.1) is 6.42 Å². The van der Waals surface area contributed by atoms with E-state index in [1.165, 1.54) is 12.4 Å². The van der Waals surface area contributed by atoms with Gasteiger partial charge >= 0.3 is 0 Å². The summed E-state index contributed by atoms with van der Waals surface area (Å²) in [7, 11) is 0. The average molecular weight is 398 g/mol. The molecule has 0 aliphatic carbocycles. The molecule has 0 aliphatic rings. The van der Waals surface area contributed by atoms with Crippen LogP contribution in [0, 0.1) is 11.6 Å². The normalized spacial score (nSPS) is 10.4. The summed E-state index contributed by atoms with van der Waals surface area (Å²) in [5, 5.41) is 5.82. The van der Waals surface area contributed by atoms with Crippen molar-refractivity contribution in [2.24, 2.45) is 0 Å². The fourth-order valence-corrected chi connectivity index (χ4v) is 2.52. The van der Waals surface area contributed by atoms with Gasteiger partial charge in [-0.1, -0.05) is 13.0 Å². The largest absolute Gasteiger partial charge is 0.439 e. The van der Waals surface area contributed by atoms with Gasteiger partial charge < -0.3 is 15.4 Å². The number of amides is 1. The molecule has 0 unspecified atom stereocenters. The highest BCUT2D eigenvalue weighted by molar-refractivity contribution is 5.92. The van der Waals surface area contributed by atoms with Crippen molar-refractivity contribution in [3.8, 4) is 11.6 Å². The van der Waals surface area contributed by atoms with Gasteiger partial charge in [-0.05, 0) is 42.3 Å². The molecule has 0 saturated heterocycles. The molecule has 0 spiro atoms. The maximum atomic E-state index is 13.7. The quantitative estimate of drug-likeness (QED) is 0.582. The molecule has 0 saturated carbocycles. The Morgan fingerprint density at radius 2 is 1.86 bits per heavy atom. The van der Waals surface area contributed by atoms with E-state index in [0.717, 1.165) is 25.1 Å². The molecule has 3 rings (SSSR count). The molecule has 6 nitrogen and oxygen atoms in total. The second-order valence-electron chi connectivity index (χ2n) is 6.26. The lowest BCUT2D eigenvalue weighted by molar-refractivity contribution is -0.115. The Kier molecular flexibility index (Phi) is 6.67. The van der Waals surface area contributed by atoms with Crippen molar-refractivity contribution in [3.05, 3.63) is 72.1 Å². The lowest BCUT2D eigenvalue weighted by Crippen LogP contribution is -2.15. The summed E-state index contributed by atoms with van der Waals surface area (Å²) in [6.45, 7) is 2.86. The molecule has 0 bridgehead atoms. The molecule has 0 atom stereocenters. The third-order valence-electron chi connectivity index (χ3n) is 3.92. The van der Waals surface area contributed by atoms with Crippen LogP contribution in [0.25, 0.3) is 0 Å². The van der Waals surface area contributed by atoms with Gasteiger partial charge in [0.15, 0.2) is 0 Å². The molecule has 3 aromatic rings. The van der Waals surface area contributed by atoms with Gasteiger partial charge in [-0.3, -0.25) is 4.79 Å². The zero-order chi connectivity index (χ0) is 20.6. The van der Waals surface area contributed by atoms with Gasteiger partial charge in [0, 0.05) is 24.4 Å². The van der Waals surface area contributed by atoms with E-state index in [2.05, 4.69) is 27.5 Å². The SMILES string of the molecule is CCCNc1cc(Oc2ccc(NC(=O)Cc3ccc(F)cc3F)cc2)ncn1. The summed E-state index contributed by atoms with van der Waals surface area (Å²) in [6, 6.07) is 11.5. The monoisotopic (exact) mass is 398 g/mol. The lowest BCUT2D eigenvalue weighted by Gasteiger charge is -2.09. The predicted molar refractivity (Wildman–Crippen MR) is 106 cm³/mol. The molecule has 2 N–H and O–H groups in total. The Balaban J connectivity index is 1.58. The van der Waals surface area contributed by atoms with Crippen molar-refractivity contribution in [1.29, 1.82) is 0 Å². The number of nitrogens with zero attached hydrogens (tertiary/aromatic N) is 2. The first-order chi connectivity index (χ1) is 14.0. The van der Waals surface area contributed by atoms with Crippen LogP contribution in [0.4, 0.5) is 20.3 Å². The maximum absolute atomic E-state index is 13.7. The summed E-state index contributed by atoms with van der Waals surface area (Å²) in [5.74, 6) is -0.240. The second kappa shape index (κ2) is 9.59. The number of hydrogen-bond acceptors (Lipinski definition) is 5.